The molecule has 1 aromatic carbocycles. The third kappa shape index (κ3) is 4.35. The molecule has 3 aromatic heterocycles. The van der Waals surface area contributed by atoms with Crippen LogP contribution in [-0.4, -0.2) is 82.2 Å². The summed E-state index contributed by atoms with van der Waals surface area (Å²) < 4.78 is 13.2. The van der Waals surface area contributed by atoms with Gasteiger partial charge in [-0.25, -0.2) is 19.6 Å². The fourth-order valence-corrected chi connectivity index (χ4v) is 4.77. The number of morpholine rings is 1. The van der Waals surface area contributed by atoms with Gasteiger partial charge in [0.1, 0.15) is 5.82 Å². The van der Waals surface area contributed by atoms with Crippen molar-refractivity contribution in [3.8, 4) is 11.3 Å². The standard InChI is InChI=1S/C25H28N8O3/c1-26-22(34)13-21-27-14-17-12-16(2-3-20(17)29-21)23-19-15-28-33(18-4-8-35-9-5-18)24(19)31-25(30-23)32-6-10-36-11-7-32/h2-3,12,14-15,18H,4-11,13H2,1H3,(H,26,34). The topological polar surface area (TPSA) is 120 Å². The molecule has 0 spiro atoms. The zero-order valence-corrected chi connectivity index (χ0v) is 20.2. The van der Waals surface area contributed by atoms with Crippen molar-refractivity contribution in [3.63, 3.8) is 0 Å². The number of carbonyl (C=O) groups excluding carboxylic acids is 1. The van der Waals surface area contributed by atoms with E-state index in [2.05, 4.69) is 20.2 Å². The Bertz CT molecular complexity index is 1410. The zero-order chi connectivity index (χ0) is 24.5. The highest BCUT2D eigenvalue weighted by Gasteiger charge is 2.24. The third-order valence-corrected chi connectivity index (χ3v) is 6.77. The van der Waals surface area contributed by atoms with Crippen molar-refractivity contribution in [3.05, 3.63) is 36.4 Å². The van der Waals surface area contributed by atoms with Crippen molar-refractivity contribution >= 4 is 33.8 Å². The number of hydrogen-bond acceptors (Lipinski definition) is 9. The maximum Gasteiger partial charge on any atom is 0.228 e. The molecule has 11 nitrogen and oxygen atoms in total. The Morgan fingerprint density at radius 2 is 1.86 bits per heavy atom. The van der Waals surface area contributed by atoms with Gasteiger partial charge >= 0.3 is 0 Å². The molecule has 2 fully saturated rings. The number of nitrogens with one attached hydrogen (secondary N) is 1. The largest absolute Gasteiger partial charge is 0.381 e. The highest BCUT2D eigenvalue weighted by atomic mass is 16.5. The maximum absolute atomic E-state index is 11.7. The van der Waals surface area contributed by atoms with E-state index in [1.165, 1.54) is 0 Å². The predicted octanol–water partition coefficient (Wildman–Crippen LogP) is 1.91. The number of likely N-dealkylation sites (N-methyl/N-ethyl adjacent to an activating group) is 1. The number of rotatable bonds is 5. The molecular weight excluding hydrogens is 460 g/mol. The molecule has 5 heterocycles. The van der Waals surface area contributed by atoms with Gasteiger partial charge in [-0.15, -0.1) is 0 Å². The first-order chi connectivity index (χ1) is 17.7. The molecule has 6 rings (SSSR count). The Kier molecular flexibility index (Phi) is 6.16. The van der Waals surface area contributed by atoms with Crippen LogP contribution in [0.4, 0.5) is 5.95 Å². The zero-order valence-electron chi connectivity index (χ0n) is 20.2. The lowest BCUT2D eigenvalue weighted by atomic mass is 10.1. The summed E-state index contributed by atoms with van der Waals surface area (Å²) in [7, 11) is 1.60. The van der Waals surface area contributed by atoms with Gasteiger partial charge < -0.3 is 19.7 Å². The minimum atomic E-state index is -0.119. The van der Waals surface area contributed by atoms with Crippen LogP contribution in [0.25, 0.3) is 33.2 Å². The van der Waals surface area contributed by atoms with E-state index >= 15 is 0 Å². The number of nitrogens with zero attached hydrogens (tertiary/aromatic N) is 7. The quantitative estimate of drug-likeness (QED) is 0.449. The summed E-state index contributed by atoms with van der Waals surface area (Å²) in [6.45, 7) is 4.26. The van der Waals surface area contributed by atoms with Crippen molar-refractivity contribution in [2.45, 2.75) is 25.3 Å². The molecule has 0 bridgehead atoms. The molecule has 36 heavy (non-hydrogen) atoms. The Hall–Kier alpha value is -3.70. The van der Waals surface area contributed by atoms with E-state index in [0.717, 1.165) is 72.3 Å². The molecule has 0 unspecified atom stereocenters. The van der Waals surface area contributed by atoms with Crippen LogP contribution < -0.4 is 10.2 Å². The third-order valence-electron chi connectivity index (χ3n) is 6.77. The number of benzene rings is 1. The lowest BCUT2D eigenvalue weighted by molar-refractivity contribution is -0.120. The first-order valence-electron chi connectivity index (χ1n) is 12.3. The second-order valence-corrected chi connectivity index (χ2v) is 9.05. The lowest BCUT2D eigenvalue weighted by Gasteiger charge is -2.27. The second-order valence-electron chi connectivity index (χ2n) is 9.05. The number of amides is 1. The van der Waals surface area contributed by atoms with Crippen molar-refractivity contribution in [1.29, 1.82) is 0 Å². The summed E-state index contributed by atoms with van der Waals surface area (Å²) in [6.07, 6.45) is 5.60. The normalized spacial score (nSPS) is 17.1. The van der Waals surface area contributed by atoms with Crippen LogP contribution in [0.5, 0.6) is 0 Å². The van der Waals surface area contributed by atoms with Crippen LogP contribution in [0.2, 0.25) is 0 Å². The number of ether oxygens (including phenoxy) is 2. The SMILES string of the molecule is CNC(=O)Cc1ncc2cc(-c3nc(N4CCOCC4)nc4c3cnn4C3CCOCC3)ccc2n1. The van der Waals surface area contributed by atoms with Crippen LogP contribution in [0.1, 0.15) is 24.7 Å². The summed E-state index contributed by atoms with van der Waals surface area (Å²) in [4.78, 5) is 32.9. The van der Waals surface area contributed by atoms with E-state index in [4.69, 9.17) is 24.5 Å². The van der Waals surface area contributed by atoms with Crippen molar-refractivity contribution in [2.24, 2.45) is 0 Å². The Balaban J connectivity index is 1.44. The smallest absolute Gasteiger partial charge is 0.228 e. The Morgan fingerprint density at radius 1 is 1.06 bits per heavy atom. The van der Waals surface area contributed by atoms with Gasteiger partial charge in [0.25, 0.3) is 0 Å². The highest BCUT2D eigenvalue weighted by molar-refractivity contribution is 5.94. The molecule has 186 valence electrons. The molecule has 1 N–H and O–H groups in total. The lowest BCUT2D eigenvalue weighted by Crippen LogP contribution is -2.37. The Labute approximate surface area is 207 Å². The summed E-state index contributed by atoms with van der Waals surface area (Å²) in [5, 5.41) is 9.15. The number of fused-ring (bicyclic) bond motifs is 2. The predicted molar refractivity (Wildman–Crippen MR) is 134 cm³/mol. The first-order valence-corrected chi connectivity index (χ1v) is 12.3. The van der Waals surface area contributed by atoms with Crippen LogP contribution in [0.15, 0.2) is 30.6 Å². The van der Waals surface area contributed by atoms with E-state index in [1.807, 2.05) is 29.1 Å². The van der Waals surface area contributed by atoms with Crippen LogP contribution in [0, 0.1) is 0 Å². The molecule has 1 amide bonds. The molecule has 2 saturated heterocycles. The molecular formula is C25H28N8O3. The number of hydrogen-bond donors (Lipinski definition) is 1. The van der Waals surface area contributed by atoms with Crippen molar-refractivity contribution in [2.75, 3.05) is 51.5 Å². The first kappa shape index (κ1) is 22.7. The minimum absolute atomic E-state index is 0.119. The molecule has 11 heteroatoms. The van der Waals surface area contributed by atoms with Gasteiger partial charge in [-0.1, -0.05) is 6.07 Å². The number of carbonyl (C=O) groups is 1. The fourth-order valence-electron chi connectivity index (χ4n) is 4.77. The van der Waals surface area contributed by atoms with Crippen LogP contribution >= 0.6 is 0 Å². The van der Waals surface area contributed by atoms with E-state index in [0.29, 0.717) is 25.0 Å². The van der Waals surface area contributed by atoms with Crippen molar-refractivity contribution in [1.82, 2.24) is 35.0 Å². The molecule has 0 aliphatic carbocycles. The van der Waals surface area contributed by atoms with E-state index in [9.17, 15) is 4.79 Å². The average molecular weight is 489 g/mol. The molecule has 0 saturated carbocycles. The van der Waals surface area contributed by atoms with Gasteiger partial charge in [0.2, 0.25) is 11.9 Å². The summed E-state index contributed by atoms with van der Waals surface area (Å²) in [5.41, 5.74) is 3.39. The van der Waals surface area contributed by atoms with Gasteiger partial charge in [-0.2, -0.15) is 10.1 Å². The second kappa shape index (κ2) is 9.75. The van der Waals surface area contributed by atoms with Crippen LogP contribution in [-0.2, 0) is 20.7 Å². The summed E-state index contributed by atoms with van der Waals surface area (Å²) >= 11 is 0. The van der Waals surface area contributed by atoms with Gasteiger partial charge in [-0.3, -0.25) is 4.79 Å². The van der Waals surface area contributed by atoms with Gasteiger partial charge in [0, 0.05) is 50.5 Å². The monoisotopic (exact) mass is 488 g/mol. The van der Waals surface area contributed by atoms with Crippen LogP contribution in [0.3, 0.4) is 0 Å². The molecule has 2 aliphatic rings. The molecule has 4 aromatic rings. The van der Waals surface area contributed by atoms with Gasteiger partial charge in [-0.05, 0) is 25.0 Å². The van der Waals surface area contributed by atoms with E-state index in [1.54, 1.807) is 13.2 Å². The Morgan fingerprint density at radius 3 is 2.67 bits per heavy atom. The minimum Gasteiger partial charge on any atom is -0.381 e. The number of aromatic nitrogens is 6. The van der Waals surface area contributed by atoms with Gasteiger partial charge in [0.15, 0.2) is 5.65 Å². The maximum atomic E-state index is 11.7. The summed E-state index contributed by atoms with van der Waals surface area (Å²) in [5.74, 6) is 1.06. The van der Waals surface area contributed by atoms with E-state index in [-0.39, 0.29) is 18.4 Å². The van der Waals surface area contributed by atoms with Gasteiger partial charge in [0.05, 0.1) is 48.5 Å². The highest BCUT2D eigenvalue weighted by Crippen LogP contribution is 2.33. The molecule has 2 aliphatic heterocycles. The fraction of sp³-hybridized carbons (Fsp3) is 0.440. The number of anilines is 1. The summed E-state index contributed by atoms with van der Waals surface area (Å²) in [6, 6.07) is 6.25. The van der Waals surface area contributed by atoms with E-state index < -0.39 is 0 Å². The molecule has 0 atom stereocenters. The average Bonchev–Trinajstić information content (AvgIpc) is 3.37. The van der Waals surface area contributed by atoms with Crippen molar-refractivity contribution < 1.29 is 14.3 Å². The molecule has 0 radical (unpaired) electrons.